The van der Waals surface area contributed by atoms with Crippen LogP contribution in [-0.4, -0.2) is 54.9 Å². The molecule has 6 heteroatoms. The van der Waals surface area contributed by atoms with Crippen LogP contribution in [0.5, 0.6) is 0 Å². The van der Waals surface area contributed by atoms with E-state index >= 15 is 0 Å². The van der Waals surface area contributed by atoms with Gasteiger partial charge in [0.2, 0.25) is 5.91 Å². The van der Waals surface area contributed by atoms with Crippen molar-refractivity contribution >= 4 is 35.8 Å². The van der Waals surface area contributed by atoms with Crippen LogP contribution < -0.4 is 5.32 Å². The first-order valence-corrected chi connectivity index (χ1v) is 10.4. The van der Waals surface area contributed by atoms with Gasteiger partial charge < -0.3 is 15.1 Å². The Morgan fingerprint density at radius 1 is 1.14 bits per heavy atom. The smallest absolute Gasteiger partial charge is 0.222 e. The molecule has 1 aromatic carbocycles. The second-order valence-electron chi connectivity index (χ2n) is 8.26. The minimum atomic E-state index is 0. The van der Waals surface area contributed by atoms with Crippen molar-refractivity contribution in [1.82, 2.24) is 15.1 Å². The zero-order valence-corrected chi connectivity index (χ0v) is 19.8. The number of piperidine rings is 1. The van der Waals surface area contributed by atoms with Gasteiger partial charge in [0.15, 0.2) is 5.96 Å². The largest absolute Gasteiger partial charge is 0.356 e. The van der Waals surface area contributed by atoms with Crippen molar-refractivity contribution < 1.29 is 4.79 Å². The lowest BCUT2D eigenvalue weighted by molar-refractivity contribution is -0.132. The summed E-state index contributed by atoms with van der Waals surface area (Å²) in [6.45, 7) is 9.15. The Labute approximate surface area is 187 Å². The fourth-order valence-corrected chi connectivity index (χ4v) is 4.47. The molecule has 1 amide bonds. The Morgan fingerprint density at radius 2 is 1.82 bits per heavy atom. The maximum atomic E-state index is 12.6. The van der Waals surface area contributed by atoms with Gasteiger partial charge in [-0.3, -0.25) is 9.79 Å². The topological polar surface area (TPSA) is 47.9 Å². The molecule has 28 heavy (non-hydrogen) atoms. The maximum Gasteiger partial charge on any atom is 0.222 e. The summed E-state index contributed by atoms with van der Waals surface area (Å²) in [5.74, 6) is 2.65. The molecule has 2 heterocycles. The van der Waals surface area contributed by atoms with Crippen molar-refractivity contribution in [3.8, 4) is 0 Å². The average Bonchev–Trinajstić information content (AvgIpc) is 2.66. The minimum absolute atomic E-state index is 0. The van der Waals surface area contributed by atoms with Crippen LogP contribution in [0.4, 0.5) is 0 Å². The van der Waals surface area contributed by atoms with Gasteiger partial charge in [-0.1, -0.05) is 38.1 Å². The van der Waals surface area contributed by atoms with Gasteiger partial charge in [-0.05, 0) is 42.2 Å². The van der Waals surface area contributed by atoms with Crippen molar-refractivity contribution in [1.29, 1.82) is 0 Å². The second kappa shape index (κ2) is 11.0. The van der Waals surface area contributed by atoms with E-state index in [-0.39, 0.29) is 29.9 Å². The number of amides is 1. The third-order valence-corrected chi connectivity index (χ3v) is 5.71. The van der Waals surface area contributed by atoms with E-state index in [2.05, 4.69) is 53.3 Å². The first kappa shape index (κ1) is 23.0. The van der Waals surface area contributed by atoms with Crippen molar-refractivity contribution in [2.24, 2.45) is 16.8 Å². The van der Waals surface area contributed by atoms with Crippen molar-refractivity contribution in [3.05, 3.63) is 35.4 Å². The van der Waals surface area contributed by atoms with Crippen LogP contribution in [0.1, 0.15) is 44.2 Å². The summed E-state index contributed by atoms with van der Waals surface area (Å²) < 4.78 is 0. The molecular weight excluding hydrogens is 463 g/mol. The highest BCUT2D eigenvalue weighted by atomic mass is 127. The molecule has 156 valence electrons. The Kier molecular flexibility index (Phi) is 9.05. The van der Waals surface area contributed by atoms with E-state index in [9.17, 15) is 4.79 Å². The molecule has 1 aromatic rings. The Hall–Kier alpha value is -1.31. The summed E-state index contributed by atoms with van der Waals surface area (Å²) >= 11 is 0. The molecule has 5 nitrogen and oxygen atoms in total. The average molecular weight is 498 g/mol. The third kappa shape index (κ3) is 6.09. The zero-order valence-electron chi connectivity index (χ0n) is 17.5. The highest BCUT2D eigenvalue weighted by molar-refractivity contribution is 14.0. The summed E-state index contributed by atoms with van der Waals surface area (Å²) in [5.41, 5.74) is 2.68. The summed E-state index contributed by atoms with van der Waals surface area (Å²) in [7, 11) is 1.85. The van der Waals surface area contributed by atoms with Gasteiger partial charge in [0.1, 0.15) is 0 Å². The molecule has 0 aromatic heterocycles. The van der Waals surface area contributed by atoms with E-state index < -0.39 is 0 Å². The lowest BCUT2D eigenvalue weighted by Gasteiger charge is -2.37. The quantitative estimate of drug-likeness (QED) is 0.299. The van der Waals surface area contributed by atoms with E-state index in [0.717, 1.165) is 51.5 Å². The van der Waals surface area contributed by atoms with Crippen LogP contribution in [0.3, 0.4) is 0 Å². The molecule has 2 atom stereocenters. The van der Waals surface area contributed by atoms with Gasteiger partial charge in [-0.15, -0.1) is 24.0 Å². The molecule has 2 unspecified atom stereocenters. The van der Waals surface area contributed by atoms with Gasteiger partial charge in [0.05, 0.1) is 0 Å². The molecule has 0 bridgehead atoms. The summed E-state index contributed by atoms with van der Waals surface area (Å²) in [5, 5.41) is 3.46. The summed E-state index contributed by atoms with van der Waals surface area (Å²) in [6, 6.07) is 8.46. The number of carbonyl (C=O) groups is 1. The Balaban J connectivity index is 0.00000280. The van der Waals surface area contributed by atoms with E-state index in [4.69, 9.17) is 0 Å². The van der Waals surface area contributed by atoms with Gasteiger partial charge in [-0.25, -0.2) is 0 Å². The molecule has 2 aliphatic rings. The number of hydrogen-bond acceptors (Lipinski definition) is 2. The molecule has 0 saturated carbocycles. The number of carbonyl (C=O) groups excluding carboxylic acids is 1. The lowest BCUT2D eigenvalue weighted by atomic mass is 9.92. The predicted molar refractivity (Wildman–Crippen MR) is 126 cm³/mol. The number of rotatable bonds is 4. The molecular formula is C22H35IN4O. The van der Waals surface area contributed by atoms with Crippen LogP contribution in [0.15, 0.2) is 29.3 Å². The molecule has 0 spiro atoms. The van der Waals surface area contributed by atoms with Crippen molar-refractivity contribution in [2.75, 3.05) is 33.2 Å². The van der Waals surface area contributed by atoms with E-state index in [0.29, 0.717) is 18.3 Å². The van der Waals surface area contributed by atoms with Gasteiger partial charge in [0.25, 0.3) is 0 Å². The lowest BCUT2D eigenvalue weighted by Crippen LogP contribution is -2.48. The second-order valence-corrected chi connectivity index (χ2v) is 8.26. The van der Waals surface area contributed by atoms with Gasteiger partial charge >= 0.3 is 0 Å². The first-order chi connectivity index (χ1) is 13.1. The molecule has 3 rings (SSSR count). The van der Waals surface area contributed by atoms with Crippen molar-refractivity contribution in [2.45, 2.75) is 46.1 Å². The number of benzene rings is 1. The molecule has 1 saturated heterocycles. The fourth-order valence-electron chi connectivity index (χ4n) is 4.47. The van der Waals surface area contributed by atoms with Crippen LogP contribution in [0.2, 0.25) is 0 Å². The predicted octanol–water partition coefficient (Wildman–Crippen LogP) is 3.52. The van der Waals surface area contributed by atoms with Gasteiger partial charge in [-0.2, -0.15) is 0 Å². The number of nitrogens with one attached hydrogen (secondary N) is 1. The SMILES string of the molecule is CN=C(NCCCC(=O)N1CCc2ccccc2C1)N1CC(C)CC(C)C1.I. The molecule has 0 radical (unpaired) electrons. The first-order valence-electron chi connectivity index (χ1n) is 10.4. The van der Waals surface area contributed by atoms with Gasteiger partial charge in [0, 0.05) is 46.2 Å². The number of likely N-dealkylation sites (tertiary alicyclic amines) is 1. The molecule has 0 aliphatic carbocycles. The van der Waals surface area contributed by atoms with Crippen LogP contribution in [-0.2, 0) is 17.8 Å². The normalized spacial score (nSPS) is 22.3. The number of halogens is 1. The maximum absolute atomic E-state index is 12.6. The number of hydrogen-bond donors (Lipinski definition) is 1. The molecule has 2 aliphatic heterocycles. The Bertz CT molecular complexity index is 668. The monoisotopic (exact) mass is 498 g/mol. The van der Waals surface area contributed by atoms with E-state index in [1.807, 2.05) is 11.9 Å². The number of nitrogens with zero attached hydrogens (tertiary/aromatic N) is 3. The van der Waals surface area contributed by atoms with Crippen LogP contribution >= 0.6 is 24.0 Å². The standard InChI is InChI=1S/C22H34N4O.HI/c1-17-13-18(2)15-26(14-17)22(23-3)24-11-6-9-21(27)25-12-10-19-7-4-5-8-20(19)16-25;/h4-5,7-8,17-18H,6,9-16H2,1-3H3,(H,23,24);1H. The fraction of sp³-hybridized carbons (Fsp3) is 0.636. The van der Waals surface area contributed by atoms with E-state index in [1.165, 1.54) is 17.5 Å². The highest BCUT2D eigenvalue weighted by Crippen LogP contribution is 2.21. The highest BCUT2D eigenvalue weighted by Gasteiger charge is 2.24. The summed E-state index contributed by atoms with van der Waals surface area (Å²) in [4.78, 5) is 21.4. The van der Waals surface area contributed by atoms with Crippen LogP contribution in [0, 0.1) is 11.8 Å². The number of aliphatic imine (C=N–C) groups is 1. The van der Waals surface area contributed by atoms with Crippen molar-refractivity contribution in [3.63, 3.8) is 0 Å². The minimum Gasteiger partial charge on any atom is -0.356 e. The molecule has 1 fully saturated rings. The third-order valence-electron chi connectivity index (χ3n) is 5.71. The Morgan fingerprint density at radius 3 is 2.50 bits per heavy atom. The zero-order chi connectivity index (χ0) is 19.2. The number of fused-ring (bicyclic) bond motifs is 1. The summed E-state index contributed by atoms with van der Waals surface area (Å²) in [6.07, 6.45) is 3.70. The molecule has 1 N–H and O–H groups in total. The number of guanidine groups is 1. The van der Waals surface area contributed by atoms with E-state index in [1.54, 1.807) is 0 Å². The van der Waals surface area contributed by atoms with Crippen LogP contribution in [0.25, 0.3) is 0 Å².